The minimum Gasteiger partial charge on any atom is -0.493 e. The standard InChI is InChI=1S/C21H33IOSi/c1-3-9-17(4-2)19-12-13-21(23-14-8-15-24-22)20(16-19)18-10-6-5-7-11-18/h12-13,16-18H,3-11,14-15H2,1-2H3. The van der Waals surface area contributed by atoms with E-state index in [2.05, 4.69) is 53.8 Å². The second-order valence-electron chi connectivity index (χ2n) is 7.11. The minimum atomic E-state index is 0.714. The van der Waals surface area contributed by atoms with E-state index in [1.807, 2.05) is 0 Å². The van der Waals surface area contributed by atoms with Gasteiger partial charge in [-0.25, -0.2) is 0 Å². The van der Waals surface area contributed by atoms with E-state index in [1.165, 1.54) is 75.1 Å². The molecule has 24 heavy (non-hydrogen) atoms. The number of halogens is 1. The van der Waals surface area contributed by atoms with Gasteiger partial charge in [0.25, 0.3) is 0 Å². The second-order valence-corrected chi connectivity index (χ2v) is 10.2. The highest BCUT2D eigenvalue weighted by atomic mass is 127. The fourth-order valence-electron chi connectivity index (χ4n) is 3.96. The normalized spacial score (nSPS) is 17.0. The second kappa shape index (κ2) is 11.6. The van der Waals surface area contributed by atoms with Gasteiger partial charge in [0, 0.05) is 0 Å². The first kappa shape index (κ1) is 20.3. The zero-order chi connectivity index (χ0) is 17.2. The van der Waals surface area contributed by atoms with Crippen LogP contribution in [0.5, 0.6) is 5.75 Å². The number of rotatable bonds is 10. The molecule has 0 N–H and O–H groups in total. The molecule has 0 spiro atoms. The quantitative estimate of drug-likeness (QED) is 0.156. The number of hydrogen-bond donors (Lipinski definition) is 0. The van der Waals surface area contributed by atoms with Crippen LogP contribution in [0.4, 0.5) is 0 Å². The Balaban J connectivity index is 2.18. The highest BCUT2D eigenvalue weighted by molar-refractivity contribution is 14.1. The molecule has 0 aliphatic heterocycles. The Bertz CT molecular complexity index is 471. The highest BCUT2D eigenvalue weighted by Gasteiger charge is 2.21. The van der Waals surface area contributed by atoms with Crippen molar-refractivity contribution in [3.63, 3.8) is 0 Å². The fourth-order valence-corrected chi connectivity index (χ4v) is 5.38. The van der Waals surface area contributed by atoms with E-state index >= 15 is 0 Å². The average molecular weight is 456 g/mol. The van der Waals surface area contributed by atoms with Gasteiger partial charge < -0.3 is 4.74 Å². The molecule has 1 aliphatic carbocycles. The Hall–Kier alpha value is -0.0331. The van der Waals surface area contributed by atoms with Crippen LogP contribution in [0.1, 0.15) is 94.6 Å². The van der Waals surface area contributed by atoms with Crippen molar-refractivity contribution in [3.05, 3.63) is 29.3 Å². The van der Waals surface area contributed by atoms with Crippen LogP contribution in [0.3, 0.4) is 0 Å². The molecule has 0 heterocycles. The summed E-state index contributed by atoms with van der Waals surface area (Å²) in [5.41, 5.74) is 3.06. The van der Waals surface area contributed by atoms with Crippen LogP contribution in [0, 0.1) is 0 Å². The molecule has 0 saturated heterocycles. The van der Waals surface area contributed by atoms with Gasteiger partial charge in [-0.3, -0.25) is 0 Å². The van der Waals surface area contributed by atoms with Crippen molar-refractivity contribution >= 4 is 28.8 Å². The van der Waals surface area contributed by atoms with Crippen molar-refractivity contribution < 1.29 is 4.74 Å². The third-order valence-electron chi connectivity index (χ3n) is 5.35. The van der Waals surface area contributed by atoms with Crippen molar-refractivity contribution in [3.8, 4) is 5.75 Å². The maximum Gasteiger partial charge on any atom is 0.131 e. The maximum atomic E-state index is 6.22. The molecule has 1 aromatic rings. The van der Waals surface area contributed by atoms with E-state index in [-0.39, 0.29) is 0 Å². The highest BCUT2D eigenvalue weighted by Crippen LogP contribution is 2.39. The molecule has 1 aromatic carbocycles. The van der Waals surface area contributed by atoms with Gasteiger partial charge in [-0.1, -0.05) is 51.7 Å². The summed E-state index contributed by atoms with van der Waals surface area (Å²) in [5, 5.41) is 0. The molecular formula is C21H33IOSi. The zero-order valence-electron chi connectivity index (χ0n) is 15.5. The summed E-state index contributed by atoms with van der Waals surface area (Å²) in [6.45, 7) is 5.51. The summed E-state index contributed by atoms with van der Waals surface area (Å²) in [6.07, 6.45) is 11.9. The van der Waals surface area contributed by atoms with Gasteiger partial charge in [0.15, 0.2) is 0 Å². The molecule has 1 atom stereocenters. The molecular weight excluding hydrogens is 423 g/mol. The molecule has 2 radical (unpaired) electrons. The van der Waals surface area contributed by atoms with E-state index in [1.54, 1.807) is 5.56 Å². The Morgan fingerprint density at radius 1 is 1.21 bits per heavy atom. The van der Waals surface area contributed by atoms with Gasteiger partial charge in [0.1, 0.15) is 12.8 Å². The Kier molecular flexibility index (Phi) is 9.77. The lowest BCUT2D eigenvalue weighted by Gasteiger charge is -2.26. The van der Waals surface area contributed by atoms with Crippen LogP contribution in [0.15, 0.2) is 18.2 Å². The van der Waals surface area contributed by atoms with Crippen LogP contribution in [0.2, 0.25) is 6.04 Å². The average Bonchev–Trinajstić information content (AvgIpc) is 2.64. The van der Waals surface area contributed by atoms with Gasteiger partial charge in [-0.15, -0.1) is 21.8 Å². The molecule has 1 unspecified atom stereocenters. The van der Waals surface area contributed by atoms with Crippen molar-refractivity contribution in [1.29, 1.82) is 0 Å². The number of benzene rings is 1. The molecule has 134 valence electrons. The first-order valence-electron chi connectivity index (χ1n) is 9.90. The van der Waals surface area contributed by atoms with Crippen molar-refractivity contribution in [2.75, 3.05) is 6.61 Å². The van der Waals surface area contributed by atoms with Crippen LogP contribution in [-0.2, 0) is 0 Å². The monoisotopic (exact) mass is 456 g/mol. The van der Waals surface area contributed by atoms with Crippen LogP contribution >= 0.6 is 21.8 Å². The van der Waals surface area contributed by atoms with Gasteiger partial charge in [0.05, 0.1) is 6.61 Å². The topological polar surface area (TPSA) is 9.23 Å². The molecule has 3 heteroatoms. The van der Waals surface area contributed by atoms with Gasteiger partial charge >= 0.3 is 0 Å². The lowest BCUT2D eigenvalue weighted by molar-refractivity contribution is 0.307. The summed E-state index contributed by atoms with van der Waals surface area (Å²) in [4.78, 5) is 0. The molecule has 1 fully saturated rings. The summed E-state index contributed by atoms with van der Waals surface area (Å²) in [5.74, 6) is 2.61. The van der Waals surface area contributed by atoms with Gasteiger partial charge in [-0.05, 0) is 67.2 Å². The van der Waals surface area contributed by atoms with Gasteiger partial charge in [-0.2, -0.15) is 0 Å². The predicted octanol–water partition coefficient (Wildman–Crippen LogP) is 7.27. The van der Waals surface area contributed by atoms with E-state index in [9.17, 15) is 0 Å². The number of hydrogen-bond acceptors (Lipinski definition) is 1. The summed E-state index contributed by atoms with van der Waals surface area (Å²) in [7, 11) is 1.01. The third-order valence-corrected chi connectivity index (χ3v) is 7.51. The van der Waals surface area contributed by atoms with E-state index in [0.29, 0.717) is 5.92 Å². The molecule has 1 saturated carbocycles. The molecule has 0 aromatic heterocycles. The smallest absolute Gasteiger partial charge is 0.131 e. The molecule has 2 rings (SSSR count). The van der Waals surface area contributed by atoms with E-state index in [0.717, 1.165) is 19.5 Å². The maximum absolute atomic E-state index is 6.22. The minimum absolute atomic E-state index is 0.714. The number of ether oxygens (including phenoxy) is 1. The first-order valence-corrected chi connectivity index (χ1v) is 14.2. The largest absolute Gasteiger partial charge is 0.493 e. The predicted molar refractivity (Wildman–Crippen MR) is 115 cm³/mol. The van der Waals surface area contributed by atoms with Crippen molar-refractivity contribution in [2.24, 2.45) is 0 Å². The van der Waals surface area contributed by atoms with Crippen molar-refractivity contribution in [2.45, 2.75) is 89.5 Å². The SMILES string of the molecule is CCCC(CC)c1ccc(OCCC[Si]I)c(C2CCCCC2)c1. The molecule has 1 nitrogen and oxygen atoms in total. The summed E-state index contributed by atoms with van der Waals surface area (Å²) >= 11 is 2.48. The van der Waals surface area contributed by atoms with Crippen LogP contribution in [-0.4, -0.2) is 13.6 Å². The summed E-state index contributed by atoms with van der Waals surface area (Å²) < 4.78 is 6.22. The Labute approximate surface area is 164 Å². The summed E-state index contributed by atoms with van der Waals surface area (Å²) in [6, 6.07) is 8.41. The molecule has 0 bridgehead atoms. The van der Waals surface area contributed by atoms with E-state index in [4.69, 9.17) is 4.74 Å². The fraction of sp³-hybridized carbons (Fsp3) is 0.714. The van der Waals surface area contributed by atoms with Gasteiger partial charge in [0.2, 0.25) is 0 Å². The van der Waals surface area contributed by atoms with Crippen LogP contribution in [0.25, 0.3) is 0 Å². The van der Waals surface area contributed by atoms with E-state index < -0.39 is 0 Å². The first-order chi connectivity index (χ1) is 11.8. The molecule has 0 amide bonds. The zero-order valence-corrected chi connectivity index (χ0v) is 18.6. The van der Waals surface area contributed by atoms with Crippen LogP contribution < -0.4 is 4.74 Å². The third kappa shape index (κ3) is 6.05. The Morgan fingerprint density at radius 3 is 2.67 bits per heavy atom. The van der Waals surface area contributed by atoms with Crippen molar-refractivity contribution in [1.82, 2.24) is 0 Å². The lowest BCUT2D eigenvalue weighted by atomic mass is 9.81. The lowest BCUT2D eigenvalue weighted by Crippen LogP contribution is -2.09. The molecule has 1 aliphatic rings. The Morgan fingerprint density at radius 2 is 2.00 bits per heavy atom.